The minimum absolute atomic E-state index is 0.0341. The van der Waals surface area contributed by atoms with Crippen molar-refractivity contribution in [2.45, 2.75) is 169 Å². The van der Waals surface area contributed by atoms with E-state index in [4.69, 9.17) is 10.5 Å². The van der Waals surface area contributed by atoms with Gasteiger partial charge in [0.1, 0.15) is 6.10 Å². The molecular weight excluding hydrogens is 382 g/mol. The molecule has 1 amide bonds. The van der Waals surface area contributed by atoms with Crippen molar-refractivity contribution < 1.29 is 9.53 Å². The lowest BCUT2D eigenvalue weighted by molar-refractivity contribution is 0.00258. The molecule has 2 N–H and O–H groups in total. The van der Waals surface area contributed by atoms with Crippen molar-refractivity contribution in [2.75, 3.05) is 0 Å². The zero-order valence-electron chi connectivity index (χ0n) is 21.8. The van der Waals surface area contributed by atoms with Crippen LogP contribution in [0.3, 0.4) is 0 Å². The highest BCUT2D eigenvalue weighted by molar-refractivity contribution is 5.64. The van der Waals surface area contributed by atoms with E-state index in [1.165, 1.54) is 109 Å². The minimum atomic E-state index is -0.613. The zero-order chi connectivity index (χ0) is 23.2. The lowest BCUT2D eigenvalue weighted by Crippen LogP contribution is -2.37. The largest absolute Gasteiger partial charge is 0.446 e. The van der Waals surface area contributed by atoms with Crippen molar-refractivity contribution in [3.63, 3.8) is 0 Å². The van der Waals surface area contributed by atoms with Gasteiger partial charge in [0.25, 0.3) is 0 Å². The van der Waals surface area contributed by atoms with Crippen molar-refractivity contribution in [2.24, 2.45) is 11.1 Å². The van der Waals surface area contributed by atoms with Crippen LogP contribution in [0.25, 0.3) is 0 Å². The van der Waals surface area contributed by atoms with Gasteiger partial charge in [-0.05, 0) is 25.7 Å². The Balaban J connectivity index is 3.72. The number of unbranched alkanes of at least 4 members (excludes halogenated alkanes) is 16. The molecule has 3 heteroatoms. The van der Waals surface area contributed by atoms with E-state index in [0.29, 0.717) is 0 Å². The number of hydrogen-bond acceptors (Lipinski definition) is 2. The van der Waals surface area contributed by atoms with E-state index < -0.39 is 6.09 Å². The van der Waals surface area contributed by atoms with Gasteiger partial charge in [0, 0.05) is 5.41 Å². The average Bonchev–Trinajstić information content (AvgIpc) is 2.76. The summed E-state index contributed by atoms with van der Waals surface area (Å²) in [4.78, 5) is 11.4. The Bertz CT molecular complexity index is 398. The summed E-state index contributed by atoms with van der Waals surface area (Å²) < 4.78 is 5.57. The Labute approximate surface area is 195 Å². The fourth-order valence-electron chi connectivity index (χ4n) is 4.71. The third-order valence-electron chi connectivity index (χ3n) is 7.26. The Kier molecular flexibility index (Phi) is 20.6. The molecule has 0 bridgehead atoms. The summed E-state index contributed by atoms with van der Waals surface area (Å²) in [6, 6.07) is 0. The lowest BCUT2D eigenvalue weighted by Gasteiger charge is -2.36. The summed E-state index contributed by atoms with van der Waals surface area (Å²) in [6.07, 6.45) is 26.9. The van der Waals surface area contributed by atoms with Crippen LogP contribution in [0.15, 0.2) is 0 Å². The molecule has 0 saturated heterocycles. The normalized spacial score (nSPS) is 14.3. The van der Waals surface area contributed by atoms with Crippen LogP contribution in [0.5, 0.6) is 0 Å². The van der Waals surface area contributed by atoms with Gasteiger partial charge in [-0.15, -0.1) is 0 Å². The highest BCUT2D eigenvalue weighted by Crippen LogP contribution is 2.36. The molecule has 0 spiro atoms. The average molecular weight is 440 g/mol. The van der Waals surface area contributed by atoms with Crippen LogP contribution < -0.4 is 5.73 Å². The number of amides is 1. The summed E-state index contributed by atoms with van der Waals surface area (Å²) in [5, 5.41) is 0. The maximum Gasteiger partial charge on any atom is 0.404 e. The highest BCUT2D eigenvalue weighted by Gasteiger charge is 2.34. The third kappa shape index (κ3) is 17.5. The first-order chi connectivity index (χ1) is 15.0. The number of rotatable bonds is 23. The van der Waals surface area contributed by atoms with Gasteiger partial charge < -0.3 is 10.5 Å². The van der Waals surface area contributed by atoms with E-state index in [0.717, 1.165) is 25.7 Å². The molecule has 0 aromatic carbocycles. The topological polar surface area (TPSA) is 52.3 Å². The van der Waals surface area contributed by atoms with Gasteiger partial charge in [-0.25, -0.2) is 4.79 Å². The zero-order valence-corrected chi connectivity index (χ0v) is 21.8. The summed E-state index contributed by atoms with van der Waals surface area (Å²) >= 11 is 0. The van der Waals surface area contributed by atoms with Crippen LogP contribution in [-0.2, 0) is 4.74 Å². The molecule has 0 aliphatic carbocycles. The molecule has 0 fully saturated rings. The molecule has 3 nitrogen and oxygen atoms in total. The molecule has 0 aliphatic heterocycles. The second-order valence-corrected chi connectivity index (χ2v) is 10.1. The van der Waals surface area contributed by atoms with E-state index in [2.05, 4.69) is 27.7 Å². The number of carbonyl (C=O) groups is 1. The molecule has 2 atom stereocenters. The molecule has 0 saturated carbocycles. The Hall–Kier alpha value is -0.730. The van der Waals surface area contributed by atoms with Crippen LogP contribution in [0, 0.1) is 5.41 Å². The fraction of sp³-hybridized carbons (Fsp3) is 0.964. The first-order valence-electron chi connectivity index (χ1n) is 14.0. The number of ether oxygens (including phenoxy) is 1. The minimum Gasteiger partial charge on any atom is -0.446 e. The highest BCUT2D eigenvalue weighted by atomic mass is 16.6. The van der Waals surface area contributed by atoms with Crippen molar-refractivity contribution in [1.82, 2.24) is 0 Å². The maximum absolute atomic E-state index is 11.4. The quantitative estimate of drug-likeness (QED) is 0.161. The van der Waals surface area contributed by atoms with E-state index in [1.807, 2.05) is 0 Å². The summed E-state index contributed by atoms with van der Waals surface area (Å²) in [6.45, 7) is 8.98. The van der Waals surface area contributed by atoms with Gasteiger partial charge >= 0.3 is 6.09 Å². The molecule has 0 radical (unpaired) electrons. The van der Waals surface area contributed by atoms with Gasteiger partial charge in [0.15, 0.2) is 0 Å². The monoisotopic (exact) mass is 439 g/mol. The van der Waals surface area contributed by atoms with Gasteiger partial charge in [-0.3, -0.25) is 0 Å². The predicted molar refractivity (Wildman–Crippen MR) is 137 cm³/mol. The number of hydrogen-bond donors (Lipinski definition) is 1. The van der Waals surface area contributed by atoms with Gasteiger partial charge in [0.05, 0.1) is 0 Å². The molecule has 2 unspecified atom stereocenters. The fourth-order valence-corrected chi connectivity index (χ4v) is 4.71. The first kappa shape index (κ1) is 30.3. The van der Waals surface area contributed by atoms with E-state index in [1.54, 1.807) is 0 Å². The van der Waals surface area contributed by atoms with Gasteiger partial charge in [-0.2, -0.15) is 0 Å². The Morgan fingerprint density at radius 2 is 1.06 bits per heavy atom. The molecule has 31 heavy (non-hydrogen) atoms. The van der Waals surface area contributed by atoms with Crippen molar-refractivity contribution in [1.29, 1.82) is 0 Å². The third-order valence-corrected chi connectivity index (χ3v) is 7.26. The van der Waals surface area contributed by atoms with Gasteiger partial charge in [0.2, 0.25) is 0 Å². The molecule has 0 aromatic rings. The molecule has 0 rings (SSSR count). The lowest BCUT2D eigenvalue weighted by atomic mass is 9.75. The predicted octanol–water partition coefficient (Wildman–Crippen LogP) is 9.71. The summed E-state index contributed by atoms with van der Waals surface area (Å²) in [5.74, 6) is 0. The molecule has 186 valence electrons. The van der Waals surface area contributed by atoms with Crippen LogP contribution in [0.4, 0.5) is 4.79 Å². The Morgan fingerprint density at radius 3 is 1.42 bits per heavy atom. The van der Waals surface area contributed by atoms with Crippen LogP contribution >= 0.6 is 0 Å². The van der Waals surface area contributed by atoms with Crippen molar-refractivity contribution in [3.05, 3.63) is 0 Å². The Morgan fingerprint density at radius 1 is 0.677 bits per heavy atom. The van der Waals surface area contributed by atoms with E-state index in [-0.39, 0.29) is 11.5 Å². The van der Waals surface area contributed by atoms with E-state index in [9.17, 15) is 4.79 Å². The summed E-state index contributed by atoms with van der Waals surface area (Å²) in [7, 11) is 0. The van der Waals surface area contributed by atoms with E-state index >= 15 is 0 Å². The number of carbonyl (C=O) groups excluding carboxylic acids is 1. The number of primary amides is 1. The van der Waals surface area contributed by atoms with Crippen LogP contribution in [0.2, 0.25) is 0 Å². The molecule has 0 aliphatic rings. The maximum atomic E-state index is 11.4. The van der Waals surface area contributed by atoms with Crippen LogP contribution in [-0.4, -0.2) is 12.2 Å². The molecular formula is C28H57NO2. The summed E-state index contributed by atoms with van der Waals surface area (Å²) in [5.41, 5.74) is 5.43. The van der Waals surface area contributed by atoms with Crippen molar-refractivity contribution >= 4 is 6.09 Å². The molecule has 0 heterocycles. The molecule has 0 aromatic heterocycles. The smallest absolute Gasteiger partial charge is 0.404 e. The van der Waals surface area contributed by atoms with Crippen LogP contribution in [0.1, 0.15) is 163 Å². The second kappa shape index (κ2) is 21.1. The number of nitrogens with two attached hydrogens (primary N) is 1. The van der Waals surface area contributed by atoms with Crippen molar-refractivity contribution in [3.8, 4) is 0 Å². The van der Waals surface area contributed by atoms with Gasteiger partial charge in [-0.1, -0.05) is 137 Å². The second-order valence-electron chi connectivity index (χ2n) is 10.1. The SMILES string of the molecule is CCCCCCCCCCCCCCCCCCC(OC(N)=O)C(C)(CC)CCCC. The standard InChI is InChI=1S/C28H57NO2/c1-5-8-10-11-12-13-14-15-16-17-18-19-20-21-22-23-24-26(31-27(29)30)28(4,7-3)25-9-6-2/h26H,5-25H2,1-4H3,(H2,29,30). The first-order valence-corrected chi connectivity index (χ1v) is 14.0.